The molecule has 1 atom stereocenters. The molecule has 8 nitrogen and oxygen atoms in total. The van der Waals surface area contributed by atoms with Crippen LogP contribution in [0.5, 0.6) is 0 Å². The molecule has 0 aromatic rings. The maximum absolute atomic E-state index is 11.3. The van der Waals surface area contributed by atoms with Crippen molar-refractivity contribution in [1.29, 1.82) is 0 Å². The van der Waals surface area contributed by atoms with E-state index >= 15 is 0 Å². The van der Waals surface area contributed by atoms with Gasteiger partial charge in [0.1, 0.15) is 0 Å². The van der Waals surface area contributed by atoms with Crippen molar-refractivity contribution >= 4 is 23.8 Å². The number of carbonyl (C=O) groups is 4. The Bertz CT molecular complexity index is 355. The number of carbonyl (C=O) groups excluding carboxylic acids is 4. The van der Waals surface area contributed by atoms with Gasteiger partial charge >= 0.3 is 0 Å². The van der Waals surface area contributed by atoms with E-state index in [1.54, 1.807) is 0 Å². The molecule has 0 bridgehead atoms. The van der Waals surface area contributed by atoms with Crippen LogP contribution in [0.1, 0.15) is 32.6 Å². The Hall–Kier alpha value is -2.12. The molecule has 2 amide bonds. The molecule has 0 saturated carbocycles. The first kappa shape index (κ1) is 16.9. The minimum atomic E-state index is -1.46. The monoisotopic (exact) mass is 272 g/mol. The van der Waals surface area contributed by atoms with Gasteiger partial charge in [-0.1, -0.05) is 0 Å². The van der Waals surface area contributed by atoms with E-state index in [0.717, 1.165) is 0 Å². The lowest BCUT2D eigenvalue weighted by Crippen LogP contribution is -2.49. The molecule has 2 N–H and O–H groups in total. The molecule has 0 unspecified atom stereocenters. The summed E-state index contributed by atoms with van der Waals surface area (Å²) >= 11 is 0. The summed E-state index contributed by atoms with van der Waals surface area (Å²) in [4.78, 5) is 42.8. The first-order chi connectivity index (χ1) is 8.82. The second-order valence-electron chi connectivity index (χ2n) is 3.94. The molecule has 0 aliphatic rings. The summed E-state index contributed by atoms with van der Waals surface area (Å²) in [6.07, 6.45) is -0.318. The zero-order valence-corrected chi connectivity index (χ0v) is 10.6. The Labute approximate surface area is 110 Å². The smallest absolute Gasteiger partial charge is 0.220 e. The zero-order chi connectivity index (χ0) is 14.8. The second-order valence-corrected chi connectivity index (χ2v) is 3.94. The van der Waals surface area contributed by atoms with Crippen LogP contribution in [0.15, 0.2) is 0 Å². The first-order valence-electron chi connectivity index (χ1n) is 5.77. The Morgan fingerprint density at radius 3 is 2.21 bits per heavy atom. The highest BCUT2D eigenvalue weighted by atomic mass is 16.4. The van der Waals surface area contributed by atoms with Gasteiger partial charge in [-0.15, -0.1) is 0 Å². The molecule has 0 aromatic carbocycles. The highest BCUT2D eigenvalue weighted by molar-refractivity contribution is 5.83. The van der Waals surface area contributed by atoms with E-state index in [9.17, 15) is 29.4 Å². The molecule has 19 heavy (non-hydrogen) atoms. The lowest BCUT2D eigenvalue weighted by molar-refractivity contribution is -0.309. The van der Waals surface area contributed by atoms with Crippen LogP contribution in [-0.4, -0.2) is 36.3 Å². The van der Waals surface area contributed by atoms with Crippen LogP contribution in [0.2, 0.25) is 0 Å². The van der Waals surface area contributed by atoms with Gasteiger partial charge in [0.2, 0.25) is 11.8 Å². The Balaban J connectivity index is 4.04. The van der Waals surface area contributed by atoms with Crippen molar-refractivity contribution in [3.05, 3.63) is 0 Å². The normalized spacial score (nSPS) is 11.4. The van der Waals surface area contributed by atoms with Crippen LogP contribution < -0.4 is 20.8 Å². The van der Waals surface area contributed by atoms with Gasteiger partial charge in [0.25, 0.3) is 0 Å². The van der Waals surface area contributed by atoms with Gasteiger partial charge in [0.15, 0.2) is 0 Å². The Kier molecular flexibility index (Phi) is 7.90. The van der Waals surface area contributed by atoms with Gasteiger partial charge in [0.05, 0.1) is 12.0 Å². The van der Waals surface area contributed by atoms with Gasteiger partial charge in [0, 0.05) is 25.9 Å². The Morgan fingerprint density at radius 2 is 1.74 bits per heavy atom. The SMILES string of the molecule is CC(=O)NCC[C@@H](NC(=O)CCCC(=O)[O-])C(=O)[O-]. The zero-order valence-electron chi connectivity index (χ0n) is 10.6. The number of nitrogens with one attached hydrogen (secondary N) is 2. The number of carboxylic acid groups (broad SMARTS) is 2. The average Bonchev–Trinajstić information content (AvgIpc) is 2.26. The third kappa shape index (κ3) is 9.57. The topological polar surface area (TPSA) is 138 Å². The average molecular weight is 272 g/mol. The third-order valence-corrected chi connectivity index (χ3v) is 2.21. The van der Waals surface area contributed by atoms with E-state index in [1.807, 2.05) is 0 Å². The summed E-state index contributed by atoms with van der Waals surface area (Å²) in [5, 5.41) is 25.5. The maximum atomic E-state index is 11.3. The summed E-state index contributed by atoms with van der Waals surface area (Å²) in [5.41, 5.74) is 0. The lowest BCUT2D eigenvalue weighted by Gasteiger charge is -2.19. The first-order valence-corrected chi connectivity index (χ1v) is 5.77. The molecule has 0 heterocycles. The van der Waals surface area contributed by atoms with Crippen LogP contribution in [0.25, 0.3) is 0 Å². The molecule has 0 aliphatic carbocycles. The van der Waals surface area contributed by atoms with Crippen molar-refractivity contribution in [2.75, 3.05) is 6.54 Å². The van der Waals surface area contributed by atoms with E-state index < -0.39 is 23.9 Å². The fraction of sp³-hybridized carbons (Fsp3) is 0.636. The van der Waals surface area contributed by atoms with E-state index in [1.165, 1.54) is 6.92 Å². The van der Waals surface area contributed by atoms with E-state index in [4.69, 9.17) is 0 Å². The van der Waals surface area contributed by atoms with Crippen LogP contribution in [0, 0.1) is 0 Å². The number of amides is 2. The fourth-order valence-corrected chi connectivity index (χ4v) is 1.30. The van der Waals surface area contributed by atoms with Gasteiger partial charge in [-0.3, -0.25) is 9.59 Å². The van der Waals surface area contributed by atoms with Gasteiger partial charge in [-0.2, -0.15) is 0 Å². The molecule has 0 radical (unpaired) electrons. The third-order valence-electron chi connectivity index (χ3n) is 2.21. The largest absolute Gasteiger partial charge is 0.550 e. The number of aliphatic carboxylic acids is 2. The summed E-state index contributed by atoms with van der Waals surface area (Å²) in [6, 6.07) is -1.22. The van der Waals surface area contributed by atoms with E-state index in [2.05, 4.69) is 10.6 Å². The van der Waals surface area contributed by atoms with Crippen molar-refractivity contribution in [3.63, 3.8) is 0 Å². The summed E-state index contributed by atoms with van der Waals surface area (Å²) in [6.45, 7) is 1.37. The van der Waals surface area contributed by atoms with Gasteiger partial charge < -0.3 is 30.4 Å². The molecule has 0 spiro atoms. The molecular weight excluding hydrogens is 256 g/mol. The summed E-state index contributed by atoms with van der Waals surface area (Å²) < 4.78 is 0. The molecule has 0 fully saturated rings. The maximum Gasteiger partial charge on any atom is 0.220 e. The standard InChI is InChI=1S/C11H18N2O6/c1-7(14)12-6-5-8(11(18)19)13-9(15)3-2-4-10(16)17/h8H,2-6H2,1H3,(H,12,14)(H,13,15)(H,16,17)(H,18,19)/p-2/t8-/m1/s1. The molecule has 108 valence electrons. The second kappa shape index (κ2) is 8.90. The van der Waals surface area contributed by atoms with E-state index in [-0.39, 0.29) is 38.1 Å². The van der Waals surface area contributed by atoms with Crippen molar-refractivity contribution in [1.82, 2.24) is 10.6 Å². The summed E-state index contributed by atoms with van der Waals surface area (Å²) in [5.74, 6) is -3.62. The van der Waals surface area contributed by atoms with Crippen molar-refractivity contribution in [2.24, 2.45) is 0 Å². The van der Waals surface area contributed by atoms with Gasteiger partial charge in [-0.25, -0.2) is 0 Å². The molecular formula is C11H16N2O6-2. The van der Waals surface area contributed by atoms with Crippen molar-refractivity contribution < 1.29 is 29.4 Å². The highest BCUT2D eigenvalue weighted by Crippen LogP contribution is 1.97. The molecule has 0 aliphatic heterocycles. The molecule has 0 saturated heterocycles. The van der Waals surface area contributed by atoms with E-state index in [0.29, 0.717) is 0 Å². The predicted molar refractivity (Wildman–Crippen MR) is 59.1 cm³/mol. The molecule has 8 heteroatoms. The van der Waals surface area contributed by atoms with Crippen LogP contribution >= 0.6 is 0 Å². The van der Waals surface area contributed by atoms with Gasteiger partial charge in [-0.05, 0) is 19.3 Å². The lowest BCUT2D eigenvalue weighted by atomic mass is 10.1. The van der Waals surface area contributed by atoms with Crippen molar-refractivity contribution in [3.8, 4) is 0 Å². The number of rotatable bonds is 9. The number of carboxylic acids is 2. The predicted octanol–water partition coefficient (Wildman–Crippen LogP) is -3.33. The number of hydrogen-bond acceptors (Lipinski definition) is 6. The fourth-order valence-electron chi connectivity index (χ4n) is 1.30. The minimum Gasteiger partial charge on any atom is -0.550 e. The van der Waals surface area contributed by atoms with Crippen LogP contribution in [0.3, 0.4) is 0 Å². The highest BCUT2D eigenvalue weighted by Gasteiger charge is 2.13. The summed E-state index contributed by atoms with van der Waals surface area (Å²) in [7, 11) is 0. The molecule has 0 aromatic heterocycles. The number of hydrogen-bond donors (Lipinski definition) is 2. The van der Waals surface area contributed by atoms with Crippen molar-refractivity contribution in [2.45, 2.75) is 38.6 Å². The Morgan fingerprint density at radius 1 is 1.11 bits per heavy atom. The minimum absolute atomic E-state index is 0.00581. The molecule has 0 rings (SSSR count). The van der Waals surface area contributed by atoms with Crippen LogP contribution in [0.4, 0.5) is 0 Å². The van der Waals surface area contributed by atoms with Crippen LogP contribution in [-0.2, 0) is 19.2 Å². The quantitative estimate of drug-likeness (QED) is 0.450.